The Kier molecular flexibility index (Phi) is 7.85. The van der Waals surface area contributed by atoms with Crippen LogP contribution in [-0.2, 0) is 17.9 Å². The SMILES string of the molecule is CCn1ncc(NC(=S)NNC(=O)CCn2nc(C)cc2C)c1C.Cl. The average Bonchev–Trinajstić information content (AvgIpc) is 3.05. The molecule has 0 saturated carbocycles. The van der Waals surface area contributed by atoms with Crippen LogP contribution in [0.3, 0.4) is 0 Å². The molecule has 1 amide bonds. The Balaban J connectivity index is 0.00000312. The van der Waals surface area contributed by atoms with E-state index in [0.29, 0.717) is 18.1 Å². The lowest BCUT2D eigenvalue weighted by atomic mass is 10.4. The van der Waals surface area contributed by atoms with E-state index in [2.05, 4.69) is 26.4 Å². The number of aryl methyl sites for hydroxylation is 4. The number of nitrogens with zero attached hydrogens (tertiary/aromatic N) is 4. The summed E-state index contributed by atoms with van der Waals surface area (Å²) in [5.41, 5.74) is 9.05. The number of thiocarbonyl (C=S) groups is 1. The molecule has 0 aliphatic heterocycles. The van der Waals surface area contributed by atoms with Crippen LogP contribution in [0.1, 0.15) is 30.4 Å². The zero-order valence-electron chi connectivity index (χ0n) is 14.8. The molecule has 138 valence electrons. The number of aromatic nitrogens is 4. The van der Waals surface area contributed by atoms with E-state index in [4.69, 9.17) is 12.2 Å². The fourth-order valence-electron chi connectivity index (χ4n) is 2.34. The van der Waals surface area contributed by atoms with Crippen molar-refractivity contribution in [3.8, 4) is 0 Å². The van der Waals surface area contributed by atoms with E-state index in [1.165, 1.54) is 0 Å². The molecule has 2 heterocycles. The standard InChI is InChI=1S/C15H23N7OS.ClH/c1-5-21-12(4)13(9-16-21)17-15(24)19-18-14(23)6-7-22-11(3)8-10(2)20-22;/h8-9H,5-7H2,1-4H3,(H,18,23)(H2,17,19,24);1H. The summed E-state index contributed by atoms with van der Waals surface area (Å²) in [4.78, 5) is 11.9. The first-order valence-corrected chi connectivity index (χ1v) is 8.20. The lowest BCUT2D eigenvalue weighted by Gasteiger charge is -2.11. The first kappa shape index (κ1) is 20.9. The van der Waals surface area contributed by atoms with Crippen molar-refractivity contribution in [3.05, 3.63) is 29.3 Å². The van der Waals surface area contributed by atoms with Gasteiger partial charge in [0.25, 0.3) is 0 Å². The van der Waals surface area contributed by atoms with E-state index in [0.717, 1.165) is 29.3 Å². The molecule has 0 radical (unpaired) electrons. The van der Waals surface area contributed by atoms with Gasteiger partial charge < -0.3 is 5.32 Å². The molecule has 2 aromatic heterocycles. The number of hydrogen-bond donors (Lipinski definition) is 3. The van der Waals surface area contributed by atoms with Crippen molar-refractivity contribution in [1.82, 2.24) is 30.4 Å². The summed E-state index contributed by atoms with van der Waals surface area (Å²) in [6.07, 6.45) is 2.02. The molecule has 0 fully saturated rings. The van der Waals surface area contributed by atoms with Gasteiger partial charge in [-0.25, -0.2) is 0 Å². The zero-order valence-corrected chi connectivity index (χ0v) is 16.4. The Labute approximate surface area is 158 Å². The summed E-state index contributed by atoms with van der Waals surface area (Å²) < 4.78 is 3.67. The Morgan fingerprint density at radius 3 is 2.52 bits per heavy atom. The number of nitrogens with one attached hydrogen (secondary N) is 3. The molecule has 0 spiro atoms. The summed E-state index contributed by atoms with van der Waals surface area (Å²) in [6.45, 7) is 9.18. The van der Waals surface area contributed by atoms with Crippen LogP contribution < -0.4 is 16.2 Å². The summed E-state index contributed by atoms with van der Waals surface area (Å²) in [5, 5.41) is 11.9. The highest BCUT2D eigenvalue weighted by atomic mass is 35.5. The molecule has 25 heavy (non-hydrogen) atoms. The Bertz CT molecular complexity index is 740. The largest absolute Gasteiger partial charge is 0.329 e. The van der Waals surface area contributed by atoms with Crippen molar-refractivity contribution in [1.29, 1.82) is 0 Å². The predicted molar refractivity (Wildman–Crippen MR) is 104 cm³/mol. The van der Waals surface area contributed by atoms with Crippen molar-refractivity contribution in [2.75, 3.05) is 5.32 Å². The van der Waals surface area contributed by atoms with Gasteiger partial charge in [0.1, 0.15) is 0 Å². The van der Waals surface area contributed by atoms with Crippen molar-refractivity contribution in [2.45, 2.75) is 47.2 Å². The number of rotatable bonds is 5. The molecule has 10 heteroatoms. The summed E-state index contributed by atoms with van der Waals surface area (Å²) in [5.74, 6) is -0.160. The van der Waals surface area contributed by atoms with Gasteiger partial charge in [0, 0.05) is 18.7 Å². The number of carbonyl (C=O) groups is 1. The predicted octanol–water partition coefficient (Wildman–Crippen LogP) is 1.85. The van der Waals surface area contributed by atoms with Crippen LogP contribution in [0.4, 0.5) is 5.69 Å². The molecule has 0 aliphatic rings. The maximum absolute atomic E-state index is 11.9. The lowest BCUT2D eigenvalue weighted by molar-refractivity contribution is -0.121. The van der Waals surface area contributed by atoms with Gasteiger partial charge in [0.2, 0.25) is 5.91 Å². The van der Waals surface area contributed by atoms with Crippen molar-refractivity contribution in [2.24, 2.45) is 0 Å². The molecule has 2 rings (SSSR count). The van der Waals surface area contributed by atoms with Gasteiger partial charge >= 0.3 is 0 Å². The normalized spacial score (nSPS) is 10.1. The monoisotopic (exact) mass is 385 g/mol. The third kappa shape index (κ3) is 5.71. The molecule has 0 aromatic carbocycles. The van der Waals surface area contributed by atoms with Crippen molar-refractivity contribution in [3.63, 3.8) is 0 Å². The van der Waals surface area contributed by atoms with E-state index >= 15 is 0 Å². The number of carbonyl (C=O) groups excluding carboxylic acids is 1. The lowest BCUT2D eigenvalue weighted by Crippen LogP contribution is -2.44. The minimum Gasteiger partial charge on any atom is -0.329 e. The molecule has 0 unspecified atom stereocenters. The fraction of sp³-hybridized carbons (Fsp3) is 0.467. The van der Waals surface area contributed by atoms with Crippen molar-refractivity contribution >= 4 is 41.3 Å². The van der Waals surface area contributed by atoms with Crippen LogP contribution >= 0.6 is 24.6 Å². The van der Waals surface area contributed by atoms with Crippen LogP contribution in [0.5, 0.6) is 0 Å². The van der Waals surface area contributed by atoms with Gasteiger partial charge in [-0.2, -0.15) is 10.2 Å². The smallest absolute Gasteiger partial charge is 0.240 e. The highest BCUT2D eigenvalue weighted by molar-refractivity contribution is 7.80. The molecule has 2 aromatic rings. The highest BCUT2D eigenvalue weighted by Crippen LogP contribution is 2.12. The topological polar surface area (TPSA) is 88.8 Å². The Morgan fingerprint density at radius 1 is 1.24 bits per heavy atom. The van der Waals surface area contributed by atoms with Crippen LogP contribution in [0, 0.1) is 20.8 Å². The van der Waals surface area contributed by atoms with Crippen LogP contribution in [0.15, 0.2) is 12.3 Å². The second kappa shape index (κ2) is 9.38. The fourth-order valence-corrected chi connectivity index (χ4v) is 2.50. The van der Waals surface area contributed by atoms with Gasteiger partial charge in [-0.05, 0) is 46.0 Å². The van der Waals surface area contributed by atoms with E-state index in [1.807, 2.05) is 43.1 Å². The number of amides is 1. The quantitative estimate of drug-likeness (QED) is 0.537. The Morgan fingerprint density at radius 2 is 1.96 bits per heavy atom. The first-order chi connectivity index (χ1) is 11.4. The van der Waals surface area contributed by atoms with E-state index in [9.17, 15) is 4.79 Å². The average molecular weight is 386 g/mol. The minimum absolute atomic E-state index is 0. The summed E-state index contributed by atoms with van der Waals surface area (Å²) >= 11 is 5.17. The second-order valence-corrected chi connectivity index (χ2v) is 5.90. The number of hydrogen-bond acceptors (Lipinski definition) is 4. The van der Waals surface area contributed by atoms with E-state index in [-0.39, 0.29) is 18.3 Å². The second-order valence-electron chi connectivity index (χ2n) is 5.49. The molecular formula is C15H24ClN7OS. The van der Waals surface area contributed by atoms with Gasteiger partial charge in [-0.1, -0.05) is 0 Å². The van der Waals surface area contributed by atoms with Gasteiger partial charge in [0.05, 0.1) is 29.8 Å². The number of anilines is 1. The molecule has 0 atom stereocenters. The summed E-state index contributed by atoms with van der Waals surface area (Å²) in [7, 11) is 0. The highest BCUT2D eigenvalue weighted by Gasteiger charge is 2.08. The van der Waals surface area contributed by atoms with Gasteiger partial charge in [0.15, 0.2) is 5.11 Å². The molecule has 8 nitrogen and oxygen atoms in total. The third-order valence-electron chi connectivity index (χ3n) is 3.62. The maximum atomic E-state index is 11.9. The zero-order chi connectivity index (χ0) is 17.7. The third-order valence-corrected chi connectivity index (χ3v) is 3.82. The molecule has 0 aliphatic carbocycles. The first-order valence-electron chi connectivity index (χ1n) is 7.80. The van der Waals surface area contributed by atoms with Crippen LogP contribution in [0.2, 0.25) is 0 Å². The van der Waals surface area contributed by atoms with Crippen molar-refractivity contribution < 1.29 is 4.79 Å². The number of halogens is 1. The van der Waals surface area contributed by atoms with Gasteiger partial charge in [-0.15, -0.1) is 12.4 Å². The minimum atomic E-state index is -0.160. The number of hydrazine groups is 1. The van der Waals surface area contributed by atoms with Crippen LogP contribution in [0.25, 0.3) is 0 Å². The van der Waals surface area contributed by atoms with Gasteiger partial charge in [-0.3, -0.25) is 25.0 Å². The van der Waals surface area contributed by atoms with E-state index < -0.39 is 0 Å². The molecule has 0 bridgehead atoms. The van der Waals surface area contributed by atoms with E-state index in [1.54, 1.807) is 6.20 Å². The molecular weight excluding hydrogens is 362 g/mol. The Hall–Kier alpha value is -2.13. The summed E-state index contributed by atoms with van der Waals surface area (Å²) in [6, 6.07) is 1.98. The molecule has 0 saturated heterocycles. The molecule has 3 N–H and O–H groups in total. The maximum Gasteiger partial charge on any atom is 0.240 e. The van der Waals surface area contributed by atoms with Crippen LogP contribution in [-0.4, -0.2) is 30.6 Å².